The summed E-state index contributed by atoms with van der Waals surface area (Å²) in [6.45, 7) is 1.51. The summed E-state index contributed by atoms with van der Waals surface area (Å²) in [5, 5.41) is 11.1. The third kappa shape index (κ3) is 7.62. The van der Waals surface area contributed by atoms with Crippen LogP contribution in [0.3, 0.4) is 0 Å². The van der Waals surface area contributed by atoms with Gasteiger partial charge >= 0.3 is 0 Å². The van der Waals surface area contributed by atoms with Crippen molar-refractivity contribution in [3.63, 3.8) is 0 Å². The molecular formula is C22H33IN6O. The zero-order valence-electron chi connectivity index (χ0n) is 17.9. The summed E-state index contributed by atoms with van der Waals surface area (Å²) in [6, 6.07) is 10.6. The van der Waals surface area contributed by atoms with E-state index in [-0.39, 0.29) is 36.4 Å². The van der Waals surface area contributed by atoms with Crippen LogP contribution >= 0.6 is 24.0 Å². The van der Waals surface area contributed by atoms with Gasteiger partial charge in [-0.05, 0) is 30.0 Å². The van der Waals surface area contributed by atoms with E-state index in [4.69, 9.17) is 4.99 Å². The van der Waals surface area contributed by atoms with Crippen molar-refractivity contribution in [1.29, 1.82) is 0 Å². The molecule has 0 bridgehead atoms. The highest BCUT2D eigenvalue weighted by Gasteiger charge is 2.15. The van der Waals surface area contributed by atoms with Gasteiger partial charge in [-0.15, -0.1) is 24.0 Å². The molecule has 1 amide bonds. The first-order chi connectivity index (χ1) is 14.1. The van der Waals surface area contributed by atoms with Crippen LogP contribution in [0.2, 0.25) is 0 Å². The monoisotopic (exact) mass is 524 g/mol. The fraction of sp³-hybridized carbons (Fsp3) is 0.500. The maximum absolute atomic E-state index is 12.0. The number of guanidine groups is 1. The molecule has 0 saturated heterocycles. The Kier molecular flexibility index (Phi) is 10.1. The molecule has 1 aromatic carbocycles. The Labute approximate surface area is 196 Å². The topological polar surface area (TPSA) is 74.5 Å². The summed E-state index contributed by atoms with van der Waals surface area (Å²) in [5.74, 6) is 0.739. The highest BCUT2D eigenvalue weighted by Crippen LogP contribution is 2.17. The molecule has 30 heavy (non-hydrogen) atoms. The second kappa shape index (κ2) is 12.6. The molecule has 0 spiro atoms. The number of amides is 1. The zero-order valence-corrected chi connectivity index (χ0v) is 20.2. The van der Waals surface area contributed by atoms with Gasteiger partial charge in [-0.3, -0.25) is 9.48 Å². The summed E-state index contributed by atoms with van der Waals surface area (Å²) in [7, 11) is 3.53. The van der Waals surface area contributed by atoms with Gasteiger partial charge < -0.3 is 15.5 Å². The average Bonchev–Trinajstić information content (AvgIpc) is 3.24. The molecule has 3 rings (SSSR count). The van der Waals surface area contributed by atoms with Crippen LogP contribution in [-0.4, -0.2) is 53.2 Å². The van der Waals surface area contributed by atoms with Gasteiger partial charge in [-0.1, -0.05) is 43.5 Å². The quantitative estimate of drug-likeness (QED) is 0.332. The summed E-state index contributed by atoms with van der Waals surface area (Å²) in [5.41, 5.74) is 2.35. The predicted octanol–water partition coefficient (Wildman–Crippen LogP) is 3.01. The Balaban J connectivity index is 0.00000320. The van der Waals surface area contributed by atoms with E-state index < -0.39 is 0 Å². The Morgan fingerprint density at radius 2 is 1.90 bits per heavy atom. The minimum atomic E-state index is 0. The van der Waals surface area contributed by atoms with E-state index in [9.17, 15) is 4.79 Å². The lowest BCUT2D eigenvalue weighted by atomic mass is 9.96. The van der Waals surface area contributed by atoms with Gasteiger partial charge in [0.05, 0.1) is 19.6 Å². The molecule has 0 aliphatic heterocycles. The Morgan fingerprint density at radius 3 is 2.57 bits per heavy atom. The van der Waals surface area contributed by atoms with Gasteiger partial charge in [0.15, 0.2) is 5.96 Å². The molecule has 164 valence electrons. The van der Waals surface area contributed by atoms with Crippen molar-refractivity contribution < 1.29 is 4.79 Å². The van der Waals surface area contributed by atoms with E-state index in [1.54, 1.807) is 25.2 Å². The molecule has 0 radical (unpaired) electrons. The smallest absolute Gasteiger partial charge is 0.241 e. The maximum atomic E-state index is 12.0. The van der Waals surface area contributed by atoms with Crippen molar-refractivity contribution in [2.75, 3.05) is 20.6 Å². The maximum Gasteiger partial charge on any atom is 0.241 e. The molecule has 2 N–H and O–H groups in total. The number of hydrogen-bond donors (Lipinski definition) is 2. The number of rotatable bonds is 7. The molecule has 7 nitrogen and oxygen atoms in total. The molecule has 1 aliphatic carbocycles. The molecule has 0 unspecified atom stereocenters. The predicted molar refractivity (Wildman–Crippen MR) is 131 cm³/mol. The molecule has 1 heterocycles. The molecule has 1 aliphatic rings. The lowest BCUT2D eigenvalue weighted by molar-refractivity contribution is -0.127. The van der Waals surface area contributed by atoms with Crippen LogP contribution < -0.4 is 10.6 Å². The number of aliphatic imine (C=N–C) groups is 1. The Bertz CT molecular complexity index is 800. The first-order valence-electron chi connectivity index (χ1n) is 10.4. The molecule has 2 aromatic rings. The van der Waals surface area contributed by atoms with Gasteiger partial charge in [-0.2, -0.15) is 5.10 Å². The van der Waals surface area contributed by atoms with Crippen LogP contribution in [0.5, 0.6) is 0 Å². The number of nitrogens with zero attached hydrogens (tertiary/aromatic N) is 4. The highest BCUT2D eigenvalue weighted by atomic mass is 127. The van der Waals surface area contributed by atoms with E-state index in [0.717, 1.165) is 24.9 Å². The number of carbonyl (C=O) groups excluding carboxylic acids is 1. The molecule has 0 atom stereocenters. The van der Waals surface area contributed by atoms with Gasteiger partial charge in [0.2, 0.25) is 5.91 Å². The Hall–Kier alpha value is -2.10. The number of carbonyl (C=O) groups is 1. The van der Waals surface area contributed by atoms with Crippen molar-refractivity contribution in [3.05, 3.63) is 53.9 Å². The zero-order chi connectivity index (χ0) is 20.5. The number of likely N-dealkylation sites (N-methyl/N-ethyl adjacent to an activating group) is 1. The van der Waals surface area contributed by atoms with E-state index in [1.807, 2.05) is 29.1 Å². The number of hydrogen-bond acceptors (Lipinski definition) is 3. The number of aromatic nitrogens is 2. The third-order valence-electron chi connectivity index (χ3n) is 5.27. The van der Waals surface area contributed by atoms with Crippen molar-refractivity contribution in [3.8, 4) is 0 Å². The molecular weight excluding hydrogens is 491 g/mol. The second-order valence-corrected chi connectivity index (χ2v) is 7.76. The van der Waals surface area contributed by atoms with E-state index in [0.29, 0.717) is 18.5 Å². The van der Waals surface area contributed by atoms with Crippen molar-refractivity contribution in [2.24, 2.45) is 4.99 Å². The van der Waals surface area contributed by atoms with Crippen molar-refractivity contribution in [1.82, 2.24) is 25.3 Å². The number of nitrogens with one attached hydrogen (secondary N) is 2. The third-order valence-corrected chi connectivity index (χ3v) is 5.27. The summed E-state index contributed by atoms with van der Waals surface area (Å²) in [4.78, 5) is 18.4. The second-order valence-electron chi connectivity index (χ2n) is 7.76. The first-order valence-corrected chi connectivity index (χ1v) is 10.4. The van der Waals surface area contributed by atoms with Crippen molar-refractivity contribution in [2.45, 2.75) is 51.2 Å². The van der Waals surface area contributed by atoms with E-state index >= 15 is 0 Å². The van der Waals surface area contributed by atoms with Gasteiger partial charge in [0.25, 0.3) is 0 Å². The van der Waals surface area contributed by atoms with Crippen LogP contribution in [0.15, 0.2) is 47.7 Å². The minimum absolute atomic E-state index is 0. The van der Waals surface area contributed by atoms with Gasteiger partial charge in [0, 0.05) is 32.5 Å². The van der Waals surface area contributed by atoms with Gasteiger partial charge in [0.1, 0.15) is 0 Å². The lowest BCUT2D eigenvalue weighted by Gasteiger charge is -2.25. The van der Waals surface area contributed by atoms with Crippen LogP contribution in [0.1, 0.15) is 43.2 Å². The highest BCUT2D eigenvalue weighted by molar-refractivity contribution is 14.0. The molecule has 1 fully saturated rings. The fourth-order valence-electron chi connectivity index (χ4n) is 3.51. The summed E-state index contributed by atoms with van der Waals surface area (Å²) in [6.07, 6.45) is 9.85. The van der Waals surface area contributed by atoms with Crippen LogP contribution in [-0.2, 0) is 17.9 Å². The minimum Gasteiger partial charge on any atom is -0.354 e. The number of benzene rings is 1. The Morgan fingerprint density at radius 1 is 1.17 bits per heavy atom. The van der Waals surface area contributed by atoms with Crippen LogP contribution in [0.25, 0.3) is 0 Å². The molecule has 1 aromatic heterocycles. The SMILES string of the molecule is CN(C)C(=O)CNC(=NCc1ccccc1Cn1cccn1)NC1CCCCC1.I. The van der Waals surface area contributed by atoms with E-state index in [2.05, 4.69) is 27.9 Å². The van der Waals surface area contributed by atoms with Crippen LogP contribution in [0, 0.1) is 0 Å². The average molecular weight is 524 g/mol. The largest absolute Gasteiger partial charge is 0.354 e. The molecule has 8 heteroatoms. The summed E-state index contributed by atoms with van der Waals surface area (Å²) < 4.78 is 1.91. The van der Waals surface area contributed by atoms with Crippen LogP contribution in [0.4, 0.5) is 0 Å². The fourth-order valence-corrected chi connectivity index (χ4v) is 3.51. The normalized spacial score (nSPS) is 14.7. The standard InChI is InChI=1S/C22H32N6O.HI/c1-27(2)21(29)16-24-22(26-20-11-4-3-5-12-20)23-15-18-9-6-7-10-19(18)17-28-14-8-13-25-28;/h6-10,13-14,20H,3-5,11-12,15-17H2,1-2H3,(H2,23,24,26);1H. The van der Waals surface area contributed by atoms with Crippen molar-refractivity contribution >= 4 is 35.8 Å². The van der Waals surface area contributed by atoms with Gasteiger partial charge in [-0.25, -0.2) is 4.99 Å². The molecule has 1 saturated carbocycles. The first kappa shape index (κ1) is 24.2. The lowest BCUT2D eigenvalue weighted by Crippen LogP contribution is -2.47. The summed E-state index contributed by atoms with van der Waals surface area (Å²) >= 11 is 0. The van der Waals surface area contributed by atoms with E-state index in [1.165, 1.54) is 24.8 Å². The number of halogens is 1.